The van der Waals surface area contributed by atoms with Crippen molar-refractivity contribution in [1.29, 1.82) is 0 Å². The van der Waals surface area contributed by atoms with Gasteiger partial charge in [0, 0.05) is 31.2 Å². The summed E-state index contributed by atoms with van der Waals surface area (Å²) in [6, 6.07) is 11.9. The zero-order chi connectivity index (χ0) is 30.2. The highest BCUT2D eigenvalue weighted by molar-refractivity contribution is 5.98. The van der Waals surface area contributed by atoms with Gasteiger partial charge >= 0.3 is 0 Å². The van der Waals surface area contributed by atoms with E-state index < -0.39 is 24.0 Å². The van der Waals surface area contributed by atoms with Crippen LogP contribution in [0.1, 0.15) is 67.3 Å². The van der Waals surface area contributed by atoms with Gasteiger partial charge in [-0.1, -0.05) is 31.5 Å². The number of carbonyl (C=O) groups is 3. The number of aromatic nitrogens is 2. The zero-order valence-corrected chi connectivity index (χ0v) is 25.2. The first-order valence-electron chi connectivity index (χ1n) is 15.0. The monoisotopic (exact) mass is 576 g/mol. The van der Waals surface area contributed by atoms with Crippen molar-refractivity contribution in [3.8, 4) is 0 Å². The Hall–Kier alpha value is -3.76. The smallest absolute Gasteiger partial charge is 0.252 e. The third-order valence-electron chi connectivity index (χ3n) is 7.73. The number of aliphatic hydroxyl groups is 1. The predicted molar refractivity (Wildman–Crippen MR) is 163 cm³/mol. The third-order valence-corrected chi connectivity index (χ3v) is 7.73. The molecule has 2 heterocycles. The first kappa shape index (κ1) is 31.2. The average Bonchev–Trinajstić information content (AvgIpc) is 3.29. The summed E-state index contributed by atoms with van der Waals surface area (Å²) in [4.78, 5) is 46.3. The van der Waals surface area contributed by atoms with Crippen molar-refractivity contribution in [2.24, 2.45) is 0 Å². The summed E-state index contributed by atoms with van der Waals surface area (Å²) < 4.78 is 2.22. The highest BCUT2D eigenvalue weighted by Gasteiger charge is 2.28. The van der Waals surface area contributed by atoms with Gasteiger partial charge in [0.15, 0.2) is 0 Å². The maximum atomic E-state index is 13.3. The van der Waals surface area contributed by atoms with Gasteiger partial charge in [-0.15, -0.1) is 0 Å². The molecule has 0 unspecified atom stereocenters. The third kappa shape index (κ3) is 7.95. The van der Waals surface area contributed by atoms with E-state index in [-0.39, 0.29) is 18.5 Å². The lowest BCUT2D eigenvalue weighted by atomic mass is 10.00. The van der Waals surface area contributed by atoms with Gasteiger partial charge in [0.2, 0.25) is 11.8 Å². The summed E-state index contributed by atoms with van der Waals surface area (Å²) in [6.07, 6.45) is 2.36. The topological polar surface area (TPSA) is 129 Å². The van der Waals surface area contributed by atoms with Gasteiger partial charge in [0.1, 0.15) is 11.9 Å². The van der Waals surface area contributed by atoms with E-state index in [2.05, 4.69) is 33.5 Å². The number of aliphatic hydroxyl groups excluding tert-OH is 1. The molecule has 0 saturated carbocycles. The number of para-hydroxylation sites is 2. The molecule has 2 aromatic carbocycles. The molecule has 0 aliphatic carbocycles. The lowest BCUT2D eigenvalue weighted by Gasteiger charge is -2.28. The standard InChI is InChI=1S/C32H44N6O4/c1-5-6-16-38-27-12-8-7-11-26(27)35-28(38)19-37-18-22(3)34-32(42)30(23(4)39)36-31(41)25-14-13-21(2)24(17-25)10-9-15-33-29(40)20-37/h7-8,11-14,17,22-23,30,39H,5-6,9-10,15-16,18-20H2,1-4H3,(H,33,40)(H,34,42)(H,36,41)/t22-,23-,30+/m1/s1. The van der Waals surface area contributed by atoms with Gasteiger partial charge in [-0.05, 0) is 75.4 Å². The van der Waals surface area contributed by atoms with Crippen LogP contribution in [-0.2, 0) is 29.1 Å². The number of aryl methyl sites for hydroxylation is 3. The molecule has 0 radical (unpaired) electrons. The SMILES string of the molecule is CCCCn1c(CN2CC(=O)NCCCc3cc(ccc3C)C(=O)N[C@@H]([C@@H](C)O)C(=O)N[C@H](C)C2)nc2ccccc21. The summed E-state index contributed by atoms with van der Waals surface area (Å²) in [6.45, 7) is 9.74. The van der Waals surface area contributed by atoms with Crippen LogP contribution >= 0.6 is 0 Å². The molecule has 10 nitrogen and oxygen atoms in total. The first-order chi connectivity index (χ1) is 20.2. The Morgan fingerprint density at radius 2 is 1.90 bits per heavy atom. The van der Waals surface area contributed by atoms with Crippen LogP contribution in [0.2, 0.25) is 0 Å². The van der Waals surface area contributed by atoms with Crippen molar-refractivity contribution in [3.63, 3.8) is 0 Å². The van der Waals surface area contributed by atoms with Crippen LogP contribution in [0.3, 0.4) is 0 Å². The molecule has 3 aromatic rings. The molecule has 0 fully saturated rings. The molecular weight excluding hydrogens is 532 g/mol. The van der Waals surface area contributed by atoms with Crippen molar-refractivity contribution >= 4 is 28.8 Å². The van der Waals surface area contributed by atoms with E-state index in [0.717, 1.165) is 53.8 Å². The molecule has 1 aliphatic heterocycles. The number of hydrogen-bond donors (Lipinski definition) is 4. The Kier molecular flexibility index (Phi) is 10.7. The number of hydrogen-bond acceptors (Lipinski definition) is 6. The number of fused-ring (bicyclic) bond motifs is 3. The lowest BCUT2D eigenvalue weighted by molar-refractivity contribution is -0.126. The minimum Gasteiger partial charge on any atom is -0.391 e. The summed E-state index contributed by atoms with van der Waals surface area (Å²) in [5.41, 5.74) is 4.45. The summed E-state index contributed by atoms with van der Waals surface area (Å²) >= 11 is 0. The van der Waals surface area contributed by atoms with Crippen LogP contribution in [0.25, 0.3) is 11.0 Å². The Balaban J connectivity index is 1.60. The maximum Gasteiger partial charge on any atom is 0.252 e. The van der Waals surface area contributed by atoms with Crippen molar-refractivity contribution in [3.05, 3.63) is 65.0 Å². The van der Waals surface area contributed by atoms with Crippen LogP contribution in [0.5, 0.6) is 0 Å². The Morgan fingerprint density at radius 1 is 1.12 bits per heavy atom. The summed E-state index contributed by atoms with van der Waals surface area (Å²) in [5.74, 6) is -0.138. The number of carbonyl (C=O) groups excluding carboxylic acids is 3. The van der Waals surface area contributed by atoms with Crippen LogP contribution in [0.4, 0.5) is 0 Å². The first-order valence-corrected chi connectivity index (χ1v) is 15.0. The molecule has 3 atom stereocenters. The largest absolute Gasteiger partial charge is 0.391 e. The van der Waals surface area contributed by atoms with Crippen LogP contribution in [-0.4, -0.2) is 75.1 Å². The van der Waals surface area contributed by atoms with E-state index >= 15 is 0 Å². The molecule has 1 aromatic heterocycles. The van der Waals surface area contributed by atoms with E-state index in [1.54, 1.807) is 6.07 Å². The molecule has 2 bridgehead atoms. The lowest BCUT2D eigenvalue weighted by Crippen LogP contribution is -2.55. The maximum absolute atomic E-state index is 13.3. The number of nitrogens with one attached hydrogen (secondary N) is 3. The van der Waals surface area contributed by atoms with Crippen LogP contribution < -0.4 is 16.0 Å². The number of rotatable bonds is 6. The van der Waals surface area contributed by atoms with E-state index in [9.17, 15) is 19.5 Å². The predicted octanol–water partition coefficient (Wildman–Crippen LogP) is 2.69. The van der Waals surface area contributed by atoms with Gasteiger partial charge in [-0.2, -0.15) is 0 Å². The second kappa shape index (κ2) is 14.4. The molecule has 1 aliphatic rings. The van der Waals surface area contributed by atoms with Crippen LogP contribution in [0, 0.1) is 6.92 Å². The second-order valence-corrected chi connectivity index (χ2v) is 11.4. The van der Waals surface area contributed by atoms with Gasteiger partial charge in [0.25, 0.3) is 5.91 Å². The fraction of sp³-hybridized carbons (Fsp3) is 0.500. The minimum absolute atomic E-state index is 0.0989. The fourth-order valence-electron chi connectivity index (χ4n) is 5.44. The number of benzene rings is 2. The van der Waals surface area contributed by atoms with Gasteiger partial charge in [-0.3, -0.25) is 19.3 Å². The van der Waals surface area contributed by atoms with E-state index in [1.807, 2.05) is 49.1 Å². The quantitative estimate of drug-likeness (QED) is 0.357. The highest BCUT2D eigenvalue weighted by atomic mass is 16.3. The molecular formula is C32H44N6O4. The van der Waals surface area contributed by atoms with E-state index in [0.29, 0.717) is 31.6 Å². The molecule has 10 heteroatoms. The van der Waals surface area contributed by atoms with Gasteiger partial charge in [-0.25, -0.2) is 4.98 Å². The number of nitrogens with zero attached hydrogens (tertiary/aromatic N) is 3. The number of amides is 3. The fourth-order valence-corrected chi connectivity index (χ4v) is 5.44. The second-order valence-electron chi connectivity index (χ2n) is 11.4. The van der Waals surface area contributed by atoms with Crippen molar-refractivity contribution in [2.45, 2.75) is 84.7 Å². The van der Waals surface area contributed by atoms with Crippen molar-refractivity contribution in [1.82, 2.24) is 30.4 Å². The number of unbranched alkanes of at least 4 members (excludes halogenated alkanes) is 1. The van der Waals surface area contributed by atoms with E-state index in [1.165, 1.54) is 6.92 Å². The molecule has 4 N–H and O–H groups in total. The Bertz CT molecular complexity index is 1400. The van der Waals surface area contributed by atoms with Crippen molar-refractivity contribution < 1.29 is 19.5 Å². The Morgan fingerprint density at radius 3 is 2.67 bits per heavy atom. The highest BCUT2D eigenvalue weighted by Crippen LogP contribution is 2.19. The molecule has 3 amide bonds. The van der Waals surface area contributed by atoms with Crippen LogP contribution in [0.15, 0.2) is 42.5 Å². The van der Waals surface area contributed by atoms with E-state index in [4.69, 9.17) is 4.98 Å². The molecule has 42 heavy (non-hydrogen) atoms. The summed E-state index contributed by atoms with van der Waals surface area (Å²) in [5, 5.41) is 19.1. The zero-order valence-electron chi connectivity index (χ0n) is 25.2. The Labute approximate surface area is 247 Å². The van der Waals surface area contributed by atoms with Crippen molar-refractivity contribution in [2.75, 3.05) is 19.6 Å². The van der Waals surface area contributed by atoms with Gasteiger partial charge < -0.3 is 25.6 Å². The normalized spacial score (nSPS) is 20.5. The molecule has 0 spiro atoms. The molecule has 0 saturated heterocycles. The summed E-state index contributed by atoms with van der Waals surface area (Å²) in [7, 11) is 0. The minimum atomic E-state index is -1.13. The van der Waals surface area contributed by atoms with Gasteiger partial charge in [0.05, 0.1) is 30.2 Å². The average molecular weight is 577 g/mol. The number of imidazole rings is 1. The molecule has 4 rings (SSSR count). The molecule has 226 valence electrons.